The van der Waals surface area contributed by atoms with Gasteiger partial charge in [0.25, 0.3) is 15.6 Å². The quantitative estimate of drug-likeness (QED) is 0.0931. The Bertz CT molecular complexity index is 1570. The number of fused-ring (bicyclic) bond motifs is 1. The molecule has 5 rings (SSSR count). The number of allylic oxidation sites excluding steroid dienone is 1. The van der Waals surface area contributed by atoms with E-state index >= 15 is 0 Å². The molecule has 5 heterocycles. The molecule has 25 heteroatoms. The molecule has 0 radical (unpaired) electrons. The first kappa shape index (κ1) is 39.6. The number of aliphatic hydroxyl groups excluding tert-OH is 4. The normalized spacial score (nSPS) is 31.9. The number of phosphoric ester groups is 2. The first-order valence-corrected chi connectivity index (χ1v) is 15.6. The van der Waals surface area contributed by atoms with Crippen LogP contribution < -0.4 is 80.4 Å². The first-order chi connectivity index (χ1) is 20.7. The van der Waals surface area contributed by atoms with Crippen LogP contribution in [-0.4, -0.2) is 107 Å². The van der Waals surface area contributed by atoms with E-state index in [0.29, 0.717) is 0 Å². The molecule has 2 fully saturated rings. The van der Waals surface area contributed by atoms with E-state index in [1.807, 2.05) is 0 Å². The van der Waals surface area contributed by atoms with Crippen LogP contribution in [0, 0.1) is 0 Å². The van der Waals surface area contributed by atoms with Gasteiger partial charge in [-0.25, -0.2) is 19.3 Å². The zero-order chi connectivity index (χ0) is 32.0. The molecule has 2 unspecified atom stereocenters. The molecule has 21 nitrogen and oxygen atoms in total. The van der Waals surface area contributed by atoms with Gasteiger partial charge in [0.1, 0.15) is 48.5 Å². The van der Waals surface area contributed by atoms with Crippen LogP contribution in [0.3, 0.4) is 0 Å². The summed E-state index contributed by atoms with van der Waals surface area (Å²) in [5, 5.41) is 41.5. The van der Waals surface area contributed by atoms with Gasteiger partial charge < -0.3 is 65.1 Å². The monoisotopic (exact) mass is 709 g/mol. The SMILES string of the molecule is NC(=O)C1=CN([C@H]2O[C@H](COP(=O)([O-])OP(=O)([O-])OC[C@H]3O[C@H](n4cnc5c(N)ncnc54)[C@@H](O)[C@H]3O)[C@@H](O)[C@H]2O)C=CC1.[Na+].[Na+]. The summed E-state index contributed by atoms with van der Waals surface area (Å²) in [6.45, 7) is -1.97. The molecule has 2 aromatic heterocycles. The number of carbonyl (C=O) groups excluding carboxylic acids is 1. The van der Waals surface area contributed by atoms with Gasteiger partial charge in [0.15, 0.2) is 23.9 Å². The molecule has 0 bridgehead atoms. The molecule has 8 N–H and O–H groups in total. The molecule has 0 spiro atoms. The number of hydrogen-bond donors (Lipinski definition) is 6. The molecule has 2 aromatic rings. The standard InChI is InChI=1S/C21H29N7O14P2.2Na/c22-17-12-19(25-7-24-17)28(8-26-12)21-16(32)14(30)11(41-21)6-39-44(36,37)42-43(34,35)38-5-10-13(29)15(31)20(40-10)27-3-1-2-9(4-27)18(23)33;;/h1,3-4,7-8,10-11,13-16,20-21,29-32H,2,5-6H2,(H2,23,33)(H,34,35)(H,36,37)(H2,22,24,25);;/q;2*+1/p-2/t10-,11-,13-,14+,15-,16+,20+,21+;;/m1../s1. The van der Waals surface area contributed by atoms with Crippen LogP contribution >= 0.6 is 15.6 Å². The van der Waals surface area contributed by atoms with Crippen molar-refractivity contribution in [2.75, 3.05) is 18.9 Å². The molecule has 10 atom stereocenters. The fourth-order valence-electron chi connectivity index (χ4n) is 4.66. The van der Waals surface area contributed by atoms with Crippen LogP contribution in [0.5, 0.6) is 0 Å². The Kier molecular flexibility index (Phi) is 13.6. The molecular formula is C21H27N7Na2O14P2. The maximum Gasteiger partial charge on any atom is 1.00 e. The predicted molar refractivity (Wildman–Crippen MR) is 137 cm³/mol. The van der Waals surface area contributed by atoms with Crippen LogP contribution in [-0.2, 0) is 36.8 Å². The van der Waals surface area contributed by atoms with Gasteiger partial charge in [0.05, 0.1) is 19.5 Å². The number of amides is 1. The molecule has 2 saturated heterocycles. The van der Waals surface area contributed by atoms with Gasteiger partial charge in [-0.05, 0) is 6.42 Å². The molecule has 3 aliphatic heterocycles. The summed E-state index contributed by atoms with van der Waals surface area (Å²) in [6, 6.07) is 0. The molecule has 0 saturated carbocycles. The van der Waals surface area contributed by atoms with Crippen molar-refractivity contribution in [2.45, 2.75) is 55.5 Å². The maximum atomic E-state index is 12.3. The number of primary amides is 1. The number of phosphoric acid groups is 2. The number of anilines is 1. The van der Waals surface area contributed by atoms with E-state index in [4.69, 9.17) is 20.9 Å². The zero-order valence-electron chi connectivity index (χ0n) is 24.3. The zero-order valence-corrected chi connectivity index (χ0v) is 30.1. The van der Waals surface area contributed by atoms with Crippen molar-refractivity contribution in [3.05, 3.63) is 36.7 Å². The number of nitrogens with zero attached hydrogens (tertiary/aromatic N) is 5. The van der Waals surface area contributed by atoms with Gasteiger partial charge >= 0.3 is 59.1 Å². The van der Waals surface area contributed by atoms with Crippen LogP contribution in [0.25, 0.3) is 11.2 Å². The van der Waals surface area contributed by atoms with Crippen LogP contribution in [0.2, 0.25) is 0 Å². The number of aliphatic hydroxyl groups is 4. The fourth-order valence-corrected chi connectivity index (χ4v) is 6.68. The number of aromatic nitrogens is 4. The van der Waals surface area contributed by atoms with Gasteiger partial charge in [-0.15, -0.1) is 0 Å². The van der Waals surface area contributed by atoms with Gasteiger partial charge in [-0.2, -0.15) is 0 Å². The fraction of sp³-hybridized carbons (Fsp3) is 0.524. The minimum Gasteiger partial charge on any atom is -0.756 e. The van der Waals surface area contributed by atoms with E-state index in [0.717, 1.165) is 6.33 Å². The third-order valence-corrected chi connectivity index (χ3v) is 9.39. The Labute approximate surface area is 303 Å². The van der Waals surface area contributed by atoms with Crippen molar-refractivity contribution in [2.24, 2.45) is 5.73 Å². The number of imidazole rings is 1. The van der Waals surface area contributed by atoms with E-state index in [-0.39, 0.29) is 88.1 Å². The number of hydrogen-bond acceptors (Lipinski definition) is 19. The summed E-state index contributed by atoms with van der Waals surface area (Å²) in [5.74, 6) is -0.686. The maximum absolute atomic E-state index is 12.3. The number of nitrogen functional groups attached to an aromatic ring is 1. The van der Waals surface area contributed by atoms with Crippen LogP contribution in [0.1, 0.15) is 12.6 Å². The number of carbonyl (C=O) groups is 1. The van der Waals surface area contributed by atoms with Crippen molar-refractivity contribution in [3.63, 3.8) is 0 Å². The Balaban J connectivity index is 0.00000288. The Morgan fingerprint density at radius 1 is 0.957 bits per heavy atom. The summed E-state index contributed by atoms with van der Waals surface area (Å²) in [4.78, 5) is 49.0. The second-order valence-corrected chi connectivity index (χ2v) is 12.8. The van der Waals surface area contributed by atoms with Crippen molar-refractivity contribution >= 4 is 38.5 Å². The molecular weight excluding hydrogens is 682 g/mol. The summed E-state index contributed by atoms with van der Waals surface area (Å²) >= 11 is 0. The molecule has 0 aliphatic carbocycles. The van der Waals surface area contributed by atoms with E-state index < -0.39 is 83.8 Å². The number of nitrogens with two attached hydrogens (primary N) is 2. The summed E-state index contributed by atoms with van der Waals surface area (Å²) < 4.78 is 49.9. The van der Waals surface area contributed by atoms with Crippen molar-refractivity contribution < 1.29 is 126 Å². The van der Waals surface area contributed by atoms with Gasteiger partial charge in [0.2, 0.25) is 5.91 Å². The second kappa shape index (κ2) is 15.8. The largest absolute Gasteiger partial charge is 1.00 e. The van der Waals surface area contributed by atoms with Crippen molar-refractivity contribution in [1.82, 2.24) is 24.4 Å². The number of rotatable bonds is 11. The Hall–Kier alpha value is -0.880. The average molecular weight is 709 g/mol. The smallest absolute Gasteiger partial charge is 0.756 e. The third-order valence-electron chi connectivity index (χ3n) is 6.86. The minimum atomic E-state index is -5.68. The molecule has 3 aliphatic rings. The van der Waals surface area contributed by atoms with Gasteiger partial charge in [-0.3, -0.25) is 18.5 Å². The summed E-state index contributed by atoms with van der Waals surface area (Å²) in [6.07, 6.45) is -5.32. The molecule has 46 heavy (non-hydrogen) atoms. The van der Waals surface area contributed by atoms with E-state index in [1.165, 1.54) is 28.2 Å². The minimum absolute atomic E-state index is 0. The van der Waals surface area contributed by atoms with Crippen LogP contribution in [0.4, 0.5) is 5.82 Å². The van der Waals surface area contributed by atoms with E-state index in [9.17, 15) is 44.1 Å². The third kappa shape index (κ3) is 8.64. The van der Waals surface area contributed by atoms with E-state index in [1.54, 1.807) is 6.08 Å². The Morgan fingerprint density at radius 2 is 1.52 bits per heavy atom. The topological polar surface area (TPSA) is 323 Å². The molecule has 1 amide bonds. The van der Waals surface area contributed by atoms with Gasteiger partial charge in [0, 0.05) is 18.0 Å². The number of ether oxygens (including phenoxy) is 2. The molecule has 0 aromatic carbocycles. The van der Waals surface area contributed by atoms with Crippen molar-refractivity contribution in [3.8, 4) is 0 Å². The first-order valence-electron chi connectivity index (χ1n) is 12.7. The van der Waals surface area contributed by atoms with Crippen LogP contribution in [0.15, 0.2) is 36.7 Å². The van der Waals surface area contributed by atoms with Gasteiger partial charge in [-0.1, -0.05) is 6.08 Å². The Morgan fingerprint density at radius 3 is 2.11 bits per heavy atom. The second-order valence-electron chi connectivity index (χ2n) is 9.80. The average Bonchev–Trinajstić information content (AvgIpc) is 3.61. The van der Waals surface area contributed by atoms with Crippen molar-refractivity contribution in [1.29, 1.82) is 0 Å². The van der Waals surface area contributed by atoms with E-state index in [2.05, 4.69) is 28.3 Å². The molecule has 242 valence electrons. The summed E-state index contributed by atoms with van der Waals surface area (Å²) in [5.41, 5.74) is 11.5. The predicted octanol–water partition coefficient (Wildman–Crippen LogP) is -9.94. The summed E-state index contributed by atoms with van der Waals surface area (Å²) in [7, 11) is -11.4.